The van der Waals surface area contributed by atoms with Crippen LogP contribution in [0.5, 0.6) is 0 Å². The van der Waals surface area contributed by atoms with Gasteiger partial charge in [-0.3, -0.25) is 0 Å². The summed E-state index contributed by atoms with van der Waals surface area (Å²) < 4.78 is 0. The van der Waals surface area contributed by atoms with E-state index in [1.807, 2.05) is 32.0 Å². The van der Waals surface area contributed by atoms with Gasteiger partial charge in [0.2, 0.25) is 0 Å². The molecule has 2 nitrogen and oxygen atoms in total. The summed E-state index contributed by atoms with van der Waals surface area (Å²) in [4.78, 5) is 0. The average molecular weight is 270 g/mol. The Morgan fingerprint density at radius 3 is 2.61 bits per heavy atom. The zero-order chi connectivity index (χ0) is 13.8. The second-order valence-corrected chi connectivity index (χ2v) is 6.20. The van der Waals surface area contributed by atoms with Gasteiger partial charge in [-0.05, 0) is 43.5 Å². The third-order valence-corrected chi connectivity index (χ3v) is 3.19. The van der Waals surface area contributed by atoms with Crippen molar-refractivity contribution in [2.75, 3.05) is 13.1 Å². The second kappa shape index (κ2) is 6.55. The van der Waals surface area contributed by atoms with Gasteiger partial charge in [-0.15, -0.1) is 0 Å². The molecule has 18 heavy (non-hydrogen) atoms. The van der Waals surface area contributed by atoms with Crippen LogP contribution in [0.3, 0.4) is 0 Å². The molecule has 0 heterocycles. The number of rotatable bonds is 6. The van der Waals surface area contributed by atoms with Gasteiger partial charge in [-0.1, -0.05) is 37.6 Å². The predicted molar refractivity (Wildman–Crippen MR) is 78.2 cm³/mol. The first-order chi connectivity index (χ1) is 8.30. The fraction of sp³-hybridized carbons (Fsp3) is 0.600. The maximum Gasteiger partial charge on any atom is 0.0784 e. The Morgan fingerprint density at radius 2 is 2.06 bits per heavy atom. The Labute approximate surface area is 115 Å². The second-order valence-electron chi connectivity index (χ2n) is 5.79. The van der Waals surface area contributed by atoms with Crippen LogP contribution in [-0.2, 0) is 6.42 Å². The van der Waals surface area contributed by atoms with E-state index < -0.39 is 5.60 Å². The lowest BCUT2D eigenvalue weighted by Gasteiger charge is -2.25. The van der Waals surface area contributed by atoms with Crippen LogP contribution in [0.25, 0.3) is 0 Å². The van der Waals surface area contributed by atoms with Gasteiger partial charge in [-0.2, -0.15) is 0 Å². The Balaban J connectivity index is 2.58. The molecule has 1 aromatic carbocycles. The first kappa shape index (κ1) is 15.5. The molecule has 3 heteroatoms. The largest absolute Gasteiger partial charge is 0.389 e. The van der Waals surface area contributed by atoms with Crippen molar-refractivity contribution in [3.8, 4) is 0 Å². The Morgan fingerprint density at radius 1 is 1.39 bits per heavy atom. The molecule has 0 spiro atoms. The number of hydrogen-bond acceptors (Lipinski definition) is 2. The molecule has 0 saturated heterocycles. The molecule has 1 unspecified atom stereocenters. The first-order valence-corrected chi connectivity index (χ1v) is 6.86. The van der Waals surface area contributed by atoms with Crippen LogP contribution in [0, 0.1) is 12.8 Å². The third-order valence-electron chi connectivity index (χ3n) is 2.84. The standard InChI is InChI=1S/C15H24ClNO/c1-11(2)9-17-10-15(4,18)8-13-6-5-12(3)7-14(13)16/h5-7,11,17-18H,8-10H2,1-4H3. The minimum Gasteiger partial charge on any atom is -0.389 e. The third kappa shape index (κ3) is 5.38. The van der Waals surface area contributed by atoms with E-state index in [-0.39, 0.29) is 0 Å². The van der Waals surface area contributed by atoms with Crippen molar-refractivity contribution in [3.63, 3.8) is 0 Å². The molecule has 0 aromatic heterocycles. The lowest BCUT2D eigenvalue weighted by molar-refractivity contribution is 0.0596. The fourth-order valence-electron chi connectivity index (χ4n) is 1.90. The summed E-state index contributed by atoms with van der Waals surface area (Å²) in [5.41, 5.74) is 1.37. The molecule has 1 rings (SSSR count). The van der Waals surface area contributed by atoms with E-state index in [1.165, 1.54) is 0 Å². The maximum absolute atomic E-state index is 10.4. The van der Waals surface area contributed by atoms with Crippen molar-refractivity contribution < 1.29 is 5.11 Å². The molecule has 0 amide bonds. The summed E-state index contributed by atoms with van der Waals surface area (Å²) in [6, 6.07) is 5.96. The quantitative estimate of drug-likeness (QED) is 0.831. The number of aryl methyl sites for hydroxylation is 1. The van der Waals surface area contributed by atoms with Gasteiger partial charge in [-0.25, -0.2) is 0 Å². The number of halogens is 1. The average Bonchev–Trinajstić information content (AvgIpc) is 2.21. The van der Waals surface area contributed by atoms with Gasteiger partial charge in [0.25, 0.3) is 0 Å². The van der Waals surface area contributed by atoms with Gasteiger partial charge in [0.05, 0.1) is 5.60 Å². The van der Waals surface area contributed by atoms with E-state index >= 15 is 0 Å². The SMILES string of the molecule is Cc1ccc(CC(C)(O)CNCC(C)C)c(Cl)c1. The van der Waals surface area contributed by atoms with Gasteiger partial charge >= 0.3 is 0 Å². The minimum atomic E-state index is -0.770. The molecule has 0 aliphatic carbocycles. The number of benzene rings is 1. The van der Waals surface area contributed by atoms with E-state index in [2.05, 4.69) is 19.2 Å². The molecule has 1 aromatic rings. The van der Waals surface area contributed by atoms with Crippen LogP contribution in [0.1, 0.15) is 31.9 Å². The van der Waals surface area contributed by atoms with Crippen LogP contribution >= 0.6 is 11.6 Å². The zero-order valence-corrected chi connectivity index (χ0v) is 12.5. The Hall–Kier alpha value is -0.570. The minimum absolute atomic E-state index is 0.567. The van der Waals surface area contributed by atoms with Crippen LogP contribution in [0.2, 0.25) is 5.02 Å². The number of aliphatic hydroxyl groups is 1. The fourth-order valence-corrected chi connectivity index (χ4v) is 2.20. The highest BCUT2D eigenvalue weighted by Gasteiger charge is 2.21. The van der Waals surface area contributed by atoms with Crippen molar-refractivity contribution in [2.45, 2.75) is 39.7 Å². The normalized spacial score (nSPS) is 14.8. The highest BCUT2D eigenvalue weighted by molar-refractivity contribution is 6.31. The van der Waals surface area contributed by atoms with E-state index in [9.17, 15) is 5.11 Å². The molecule has 0 aliphatic heterocycles. The van der Waals surface area contributed by atoms with Gasteiger partial charge in [0.15, 0.2) is 0 Å². The number of nitrogens with one attached hydrogen (secondary N) is 1. The van der Waals surface area contributed by atoms with E-state index in [0.29, 0.717) is 18.9 Å². The molecule has 0 bridgehead atoms. The van der Waals surface area contributed by atoms with Crippen molar-refractivity contribution in [1.29, 1.82) is 0 Å². The molecule has 0 fully saturated rings. The van der Waals surface area contributed by atoms with Crippen molar-refractivity contribution in [2.24, 2.45) is 5.92 Å². The van der Waals surface area contributed by atoms with Crippen LogP contribution in [0.15, 0.2) is 18.2 Å². The first-order valence-electron chi connectivity index (χ1n) is 6.48. The van der Waals surface area contributed by atoms with Crippen LogP contribution in [0.4, 0.5) is 0 Å². The smallest absolute Gasteiger partial charge is 0.0784 e. The highest BCUT2D eigenvalue weighted by atomic mass is 35.5. The van der Waals surface area contributed by atoms with Gasteiger partial charge in [0, 0.05) is 18.0 Å². The van der Waals surface area contributed by atoms with Crippen molar-refractivity contribution in [3.05, 3.63) is 34.3 Å². The van der Waals surface area contributed by atoms with Crippen molar-refractivity contribution >= 4 is 11.6 Å². The van der Waals surface area contributed by atoms with Crippen molar-refractivity contribution in [1.82, 2.24) is 5.32 Å². The highest BCUT2D eigenvalue weighted by Crippen LogP contribution is 2.22. The molecular formula is C15H24ClNO. The van der Waals surface area contributed by atoms with E-state index in [0.717, 1.165) is 22.7 Å². The molecule has 2 N–H and O–H groups in total. The molecule has 102 valence electrons. The lowest BCUT2D eigenvalue weighted by atomic mass is 9.95. The summed E-state index contributed by atoms with van der Waals surface area (Å²) in [5.74, 6) is 0.587. The zero-order valence-electron chi connectivity index (χ0n) is 11.8. The summed E-state index contributed by atoms with van der Waals surface area (Å²) >= 11 is 6.19. The summed E-state index contributed by atoms with van der Waals surface area (Å²) in [6.07, 6.45) is 0.567. The monoisotopic (exact) mass is 269 g/mol. The van der Waals surface area contributed by atoms with Gasteiger partial charge < -0.3 is 10.4 Å². The maximum atomic E-state index is 10.4. The predicted octanol–water partition coefficient (Wildman–Crippen LogP) is 3.19. The summed E-state index contributed by atoms with van der Waals surface area (Å²) in [5, 5.41) is 14.4. The molecule has 0 aliphatic rings. The molecular weight excluding hydrogens is 246 g/mol. The van der Waals surface area contributed by atoms with Crippen LogP contribution < -0.4 is 5.32 Å². The Kier molecular flexibility index (Phi) is 5.64. The topological polar surface area (TPSA) is 32.3 Å². The molecule has 1 atom stereocenters. The number of hydrogen-bond donors (Lipinski definition) is 2. The molecule has 0 radical (unpaired) electrons. The summed E-state index contributed by atoms with van der Waals surface area (Å²) in [6.45, 7) is 9.65. The van der Waals surface area contributed by atoms with E-state index in [1.54, 1.807) is 0 Å². The molecule has 0 saturated carbocycles. The summed E-state index contributed by atoms with van der Waals surface area (Å²) in [7, 11) is 0. The van der Waals surface area contributed by atoms with Gasteiger partial charge in [0.1, 0.15) is 0 Å². The Bertz CT molecular complexity index is 388. The lowest BCUT2D eigenvalue weighted by Crippen LogP contribution is -2.41. The van der Waals surface area contributed by atoms with E-state index in [4.69, 9.17) is 11.6 Å². The van der Waals surface area contributed by atoms with Crippen LogP contribution in [-0.4, -0.2) is 23.8 Å².